The zero-order valence-corrected chi connectivity index (χ0v) is 9.34. The van der Waals surface area contributed by atoms with Crippen LogP contribution in [-0.2, 0) is 11.2 Å². The molecule has 1 heterocycles. The van der Waals surface area contributed by atoms with Gasteiger partial charge in [-0.1, -0.05) is 0 Å². The fourth-order valence-electron chi connectivity index (χ4n) is 1.02. The fraction of sp³-hybridized carbons (Fsp3) is 0.375. The second-order valence-corrected chi connectivity index (χ2v) is 3.88. The number of primary amides is 1. The average Bonchev–Trinajstić information content (AvgIpc) is 2.58. The van der Waals surface area contributed by atoms with E-state index in [1.54, 1.807) is 5.38 Å². The van der Waals surface area contributed by atoms with Crippen molar-refractivity contribution in [2.45, 2.75) is 6.42 Å². The van der Waals surface area contributed by atoms with Gasteiger partial charge in [0.1, 0.15) is 0 Å². The first-order chi connectivity index (χ1) is 7.58. The zero-order chi connectivity index (χ0) is 12.0. The number of nitrogens with two attached hydrogens (primary N) is 2. The quantitative estimate of drug-likeness (QED) is 0.498. The summed E-state index contributed by atoms with van der Waals surface area (Å²) in [5.41, 5.74) is 10.9. The molecule has 0 aromatic carbocycles. The van der Waals surface area contributed by atoms with Crippen LogP contribution in [-0.4, -0.2) is 30.0 Å². The van der Waals surface area contributed by atoms with E-state index in [-0.39, 0.29) is 12.3 Å². The van der Waals surface area contributed by atoms with Crippen LogP contribution in [0.3, 0.4) is 0 Å². The predicted molar refractivity (Wildman–Crippen MR) is 60.8 cm³/mol. The molecule has 0 aliphatic rings. The number of carbonyl (C=O) groups excluding carboxylic acids is 2. The van der Waals surface area contributed by atoms with Crippen LogP contribution in [0.25, 0.3) is 0 Å². The van der Waals surface area contributed by atoms with E-state index in [4.69, 9.17) is 11.5 Å². The minimum absolute atomic E-state index is 0.170. The third kappa shape index (κ3) is 4.60. The maximum absolute atomic E-state index is 11.3. The number of hydrogen-bond acceptors (Lipinski definition) is 5. The maximum atomic E-state index is 11.3. The van der Waals surface area contributed by atoms with E-state index in [0.29, 0.717) is 23.9 Å². The number of thiazole rings is 1. The van der Waals surface area contributed by atoms with Gasteiger partial charge in [-0.25, -0.2) is 9.78 Å². The molecule has 6 N–H and O–H groups in total. The van der Waals surface area contributed by atoms with E-state index in [1.807, 2.05) is 0 Å². The van der Waals surface area contributed by atoms with Crippen LogP contribution in [0.2, 0.25) is 0 Å². The monoisotopic (exact) mass is 243 g/mol. The Labute approximate surface area is 96.2 Å². The zero-order valence-electron chi connectivity index (χ0n) is 8.53. The van der Waals surface area contributed by atoms with E-state index in [9.17, 15) is 9.59 Å². The molecule has 0 aliphatic heterocycles. The first-order valence-corrected chi connectivity index (χ1v) is 5.46. The van der Waals surface area contributed by atoms with Gasteiger partial charge >= 0.3 is 6.03 Å². The van der Waals surface area contributed by atoms with Gasteiger partial charge < -0.3 is 22.1 Å². The Balaban J connectivity index is 2.18. The molecule has 1 aromatic rings. The molecule has 7 nitrogen and oxygen atoms in total. The van der Waals surface area contributed by atoms with Crippen LogP contribution in [0.5, 0.6) is 0 Å². The Kier molecular flexibility index (Phi) is 4.52. The highest BCUT2D eigenvalue weighted by Crippen LogP contribution is 2.10. The van der Waals surface area contributed by atoms with Crippen molar-refractivity contribution in [2.75, 3.05) is 18.8 Å². The number of nitrogens with zero attached hydrogens (tertiary/aromatic N) is 1. The van der Waals surface area contributed by atoms with Crippen LogP contribution < -0.4 is 22.1 Å². The van der Waals surface area contributed by atoms with Crippen LogP contribution in [0.15, 0.2) is 5.38 Å². The van der Waals surface area contributed by atoms with Gasteiger partial charge in [-0.15, -0.1) is 11.3 Å². The van der Waals surface area contributed by atoms with Crippen LogP contribution in [0.4, 0.5) is 9.93 Å². The highest BCUT2D eigenvalue weighted by atomic mass is 32.1. The van der Waals surface area contributed by atoms with Crippen molar-refractivity contribution < 1.29 is 9.59 Å². The van der Waals surface area contributed by atoms with Crippen molar-refractivity contribution >= 4 is 28.4 Å². The molecule has 8 heteroatoms. The largest absolute Gasteiger partial charge is 0.375 e. The molecule has 1 rings (SSSR count). The number of urea groups is 1. The Bertz CT molecular complexity index is 378. The van der Waals surface area contributed by atoms with E-state index in [1.165, 1.54) is 11.3 Å². The van der Waals surface area contributed by atoms with Gasteiger partial charge in [0.25, 0.3) is 0 Å². The summed E-state index contributed by atoms with van der Waals surface area (Å²) in [4.78, 5) is 25.6. The van der Waals surface area contributed by atoms with Crippen molar-refractivity contribution in [3.05, 3.63) is 11.1 Å². The average molecular weight is 243 g/mol. The summed E-state index contributed by atoms with van der Waals surface area (Å²) in [6.45, 7) is 0.641. The molecule has 0 saturated heterocycles. The highest BCUT2D eigenvalue weighted by molar-refractivity contribution is 7.13. The van der Waals surface area contributed by atoms with Gasteiger partial charge in [-0.3, -0.25) is 4.79 Å². The summed E-state index contributed by atoms with van der Waals surface area (Å²) < 4.78 is 0. The van der Waals surface area contributed by atoms with Crippen molar-refractivity contribution in [3.63, 3.8) is 0 Å². The van der Waals surface area contributed by atoms with Crippen LogP contribution in [0, 0.1) is 0 Å². The van der Waals surface area contributed by atoms with Gasteiger partial charge in [0.2, 0.25) is 5.91 Å². The second-order valence-electron chi connectivity index (χ2n) is 2.99. The Morgan fingerprint density at radius 2 is 2.06 bits per heavy atom. The molecular formula is C8H13N5O2S. The lowest BCUT2D eigenvalue weighted by Gasteiger charge is -2.03. The highest BCUT2D eigenvalue weighted by Gasteiger charge is 2.05. The van der Waals surface area contributed by atoms with Crippen molar-refractivity contribution in [1.82, 2.24) is 15.6 Å². The molecule has 0 fully saturated rings. The minimum Gasteiger partial charge on any atom is -0.375 e. The number of rotatable bonds is 5. The minimum atomic E-state index is -0.610. The summed E-state index contributed by atoms with van der Waals surface area (Å²) >= 11 is 1.29. The number of aromatic nitrogens is 1. The molecule has 0 atom stereocenters. The van der Waals surface area contributed by atoms with Gasteiger partial charge in [0.15, 0.2) is 5.13 Å². The topological polar surface area (TPSA) is 123 Å². The van der Waals surface area contributed by atoms with E-state index < -0.39 is 6.03 Å². The maximum Gasteiger partial charge on any atom is 0.312 e. The van der Waals surface area contributed by atoms with Crippen molar-refractivity contribution in [2.24, 2.45) is 5.73 Å². The number of amides is 3. The fourth-order valence-corrected chi connectivity index (χ4v) is 1.58. The number of nitrogen functional groups attached to an aromatic ring is 1. The van der Waals surface area contributed by atoms with E-state index in [0.717, 1.165) is 0 Å². The smallest absolute Gasteiger partial charge is 0.312 e. The van der Waals surface area contributed by atoms with Gasteiger partial charge in [0.05, 0.1) is 12.1 Å². The Hall–Kier alpha value is -1.83. The standard InChI is InChI=1S/C8H13N5O2S/c9-7(15)12-2-1-11-6(14)3-5-4-16-8(10)13-5/h4H,1-3H2,(H2,10,13)(H,11,14)(H3,9,12,15). The van der Waals surface area contributed by atoms with Crippen molar-refractivity contribution in [1.29, 1.82) is 0 Å². The Morgan fingerprint density at radius 3 is 2.62 bits per heavy atom. The van der Waals surface area contributed by atoms with E-state index >= 15 is 0 Å². The predicted octanol–water partition coefficient (Wildman–Crippen LogP) is -0.948. The molecule has 0 saturated carbocycles. The first kappa shape index (κ1) is 12.2. The first-order valence-electron chi connectivity index (χ1n) is 4.58. The molecule has 3 amide bonds. The number of nitrogens with one attached hydrogen (secondary N) is 2. The molecule has 0 bridgehead atoms. The van der Waals surface area contributed by atoms with Crippen LogP contribution in [0.1, 0.15) is 5.69 Å². The summed E-state index contributed by atoms with van der Waals surface area (Å²) in [6, 6.07) is -0.610. The molecule has 0 aliphatic carbocycles. The van der Waals surface area contributed by atoms with Gasteiger partial charge in [0, 0.05) is 18.5 Å². The number of hydrogen-bond donors (Lipinski definition) is 4. The lowest BCUT2D eigenvalue weighted by Crippen LogP contribution is -2.37. The lowest BCUT2D eigenvalue weighted by molar-refractivity contribution is -0.120. The summed E-state index contributed by atoms with van der Waals surface area (Å²) in [5.74, 6) is -0.170. The molecule has 0 unspecified atom stereocenters. The normalized spacial score (nSPS) is 9.75. The molecule has 88 valence electrons. The lowest BCUT2D eigenvalue weighted by atomic mass is 10.3. The Morgan fingerprint density at radius 1 is 1.38 bits per heavy atom. The third-order valence-corrected chi connectivity index (χ3v) is 2.38. The second kappa shape index (κ2) is 5.91. The van der Waals surface area contributed by atoms with E-state index in [2.05, 4.69) is 15.6 Å². The van der Waals surface area contributed by atoms with Gasteiger partial charge in [-0.2, -0.15) is 0 Å². The number of anilines is 1. The molecular weight excluding hydrogens is 230 g/mol. The molecule has 0 spiro atoms. The van der Waals surface area contributed by atoms with Crippen LogP contribution >= 0.6 is 11.3 Å². The molecule has 16 heavy (non-hydrogen) atoms. The summed E-state index contributed by atoms with van der Waals surface area (Å²) in [5, 5.41) is 7.15. The van der Waals surface area contributed by atoms with Crippen molar-refractivity contribution in [3.8, 4) is 0 Å². The summed E-state index contributed by atoms with van der Waals surface area (Å²) in [7, 11) is 0. The van der Waals surface area contributed by atoms with Gasteiger partial charge in [-0.05, 0) is 0 Å². The number of carbonyl (C=O) groups is 2. The molecule has 0 radical (unpaired) electrons. The molecule has 1 aromatic heterocycles. The summed E-state index contributed by atoms with van der Waals surface area (Å²) in [6.07, 6.45) is 0.185. The SMILES string of the molecule is NC(=O)NCCNC(=O)Cc1csc(N)n1. The third-order valence-electron chi connectivity index (χ3n) is 1.66.